The van der Waals surface area contributed by atoms with E-state index in [1.165, 1.54) is 12.1 Å². The van der Waals surface area contributed by atoms with Crippen LogP contribution in [0.25, 0.3) is 0 Å². The minimum Gasteiger partial charge on any atom is -0.369 e. The van der Waals surface area contributed by atoms with Gasteiger partial charge in [-0.25, -0.2) is 4.98 Å². The van der Waals surface area contributed by atoms with E-state index in [1.807, 2.05) is 7.05 Å². The van der Waals surface area contributed by atoms with E-state index in [0.717, 1.165) is 31.3 Å². The largest absolute Gasteiger partial charge is 0.369 e. The number of aryl methyl sites for hydroxylation is 1. The zero-order valence-electron chi connectivity index (χ0n) is 14.3. The molecular weight excluding hydrogens is 302 g/mol. The second-order valence-electron chi connectivity index (χ2n) is 5.99. The summed E-state index contributed by atoms with van der Waals surface area (Å²) in [4.78, 5) is 11.0. The first-order valence-electron chi connectivity index (χ1n) is 8.36. The number of aliphatic imine (C=N–C) groups is 1. The molecule has 2 heterocycles. The molecule has 1 fully saturated rings. The molecule has 2 aromatic rings. The molecule has 0 aliphatic carbocycles. The van der Waals surface area contributed by atoms with Crippen LogP contribution >= 0.6 is 0 Å². The molecule has 2 N–H and O–H groups in total. The fourth-order valence-corrected chi connectivity index (χ4v) is 3.00. The van der Waals surface area contributed by atoms with Gasteiger partial charge in [0.2, 0.25) is 0 Å². The van der Waals surface area contributed by atoms with Crippen molar-refractivity contribution in [3.05, 3.63) is 42.5 Å². The van der Waals surface area contributed by atoms with Gasteiger partial charge < -0.3 is 15.5 Å². The van der Waals surface area contributed by atoms with E-state index in [2.05, 4.69) is 60.9 Å². The smallest absolute Gasteiger partial charge is 0.191 e. The normalized spacial score (nSPS) is 18.5. The van der Waals surface area contributed by atoms with Crippen molar-refractivity contribution >= 4 is 11.6 Å². The van der Waals surface area contributed by atoms with Crippen molar-refractivity contribution in [2.75, 3.05) is 25.0 Å². The first-order valence-corrected chi connectivity index (χ1v) is 8.36. The number of benzene rings is 1. The van der Waals surface area contributed by atoms with E-state index in [0.29, 0.717) is 12.6 Å². The maximum atomic E-state index is 4.33. The summed E-state index contributed by atoms with van der Waals surface area (Å²) < 4.78 is 1.76. The van der Waals surface area contributed by atoms with E-state index in [-0.39, 0.29) is 0 Å². The number of anilines is 1. The lowest BCUT2D eigenvalue weighted by Gasteiger charge is -2.35. The predicted octanol–water partition coefficient (Wildman–Crippen LogP) is 1.15. The highest BCUT2D eigenvalue weighted by atomic mass is 15.3. The second kappa shape index (κ2) is 7.81. The van der Waals surface area contributed by atoms with Crippen LogP contribution in [0.1, 0.15) is 18.7 Å². The summed E-state index contributed by atoms with van der Waals surface area (Å²) in [5, 5.41) is 10.9. The number of rotatable bonds is 4. The van der Waals surface area contributed by atoms with Crippen molar-refractivity contribution in [3.8, 4) is 0 Å². The molecule has 24 heavy (non-hydrogen) atoms. The Morgan fingerprint density at radius 1 is 1.33 bits per heavy atom. The fraction of sp³-hybridized carbons (Fsp3) is 0.471. The van der Waals surface area contributed by atoms with Crippen LogP contribution in [0.5, 0.6) is 0 Å². The summed E-state index contributed by atoms with van der Waals surface area (Å²) in [7, 11) is 3.68. The topological polar surface area (TPSA) is 70.4 Å². The number of para-hydroxylation sites is 1. The lowest BCUT2D eigenvalue weighted by atomic mass is 10.1. The van der Waals surface area contributed by atoms with E-state index in [4.69, 9.17) is 0 Å². The summed E-state index contributed by atoms with van der Waals surface area (Å²) in [5.41, 5.74) is 1.28. The number of nitrogens with zero attached hydrogens (tertiary/aromatic N) is 5. The van der Waals surface area contributed by atoms with E-state index >= 15 is 0 Å². The van der Waals surface area contributed by atoms with E-state index in [9.17, 15) is 0 Å². The van der Waals surface area contributed by atoms with Crippen LogP contribution < -0.4 is 15.5 Å². The molecule has 128 valence electrons. The molecule has 1 aliphatic rings. The number of guanidine groups is 1. The zero-order chi connectivity index (χ0) is 16.8. The quantitative estimate of drug-likeness (QED) is 0.651. The van der Waals surface area contributed by atoms with E-state index < -0.39 is 0 Å². The van der Waals surface area contributed by atoms with Gasteiger partial charge in [0, 0.05) is 38.9 Å². The third-order valence-corrected chi connectivity index (χ3v) is 4.33. The monoisotopic (exact) mass is 327 g/mol. The van der Waals surface area contributed by atoms with Crippen LogP contribution in [0.4, 0.5) is 5.69 Å². The molecule has 3 rings (SSSR count). The van der Waals surface area contributed by atoms with Crippen LogP contribution in [0.2, 0.25) is 0 Å². The molecule has 0 amide bonds. The van der Waals surface area contributed by atoms with Crippen molar-refractivity contribution in [1.29, 1.82) is 0 Å². The molecule has 7 nitrogen and oxygen atoms in total. The SMILES string of the molecule is CN=C(NCc1ncnn1C)NC1CCCN(c2ccccc2)C1. The molecule has 1 aromatic carbocycles. The predicted molar refractivity (Wildman–Crippen MR) is 96.0 cm³/mol. The summed E-state index contributed by atoms with van der Waals surface area (Å²) in [6.45, 7) is 2.69. The Bertz CT molecular complexity index is 665. The highest BCUT2D eigenvalue weighted by Gasteiger charge is 2.20. The summed E-state index contributed by atoms with van der Waals surface area (Å²) in [5.74, 6) is 1.69. The molecule has 7 heteroatoms. The van der Waals surface area contributed by atoms with Crippen LogP contribution in [-0.4, -0.2) is 46.9 Å². The Hall–Kier alpha value is -2.57. The first kappa shape index (κ1) is 16.3. The highest BCUT2D eigenvalue weighted by Crippen LogP contribution is 2.19. The molecule has 1 saturated heterocycles. The Kier molecular flexibility index (Phi) is 5.30. The number of piperidine rings is 1. The average Bonchev–Trinajstić information content (AvgIpc) is 3.04. The van der Waals surface area contributed by atoms with Crippen LogP contribution in [-0.2, 0) is 13.6 Å². The number of hydrogen-bond donors (Lipinski definition) is 2. The van der Waals surface area contributed by atoms with Gasteiger partial charge in [-0.2, -0.15) is 5.10 Å². The highest BCUT2D eigenvalue weighted by molar-refractivity contribution is 5.80. The van der Waals surface area contributed by atoms with Gasteiger partial charge in [-0.3, -0.25) is 9.67 Å². The van der Waals surface area contributed by atoms with Gasteiger partial charge in [-0.1, -0.05) is 18.2 Å². The summed E-state index contributed by atoms with van der Waals surface area (Å²) in [6.07, 6.45) is 3.88. The fourth-order valence-electron chi connectivity index (χ4n) is 3.00. The molecule has 1 aliphatic heterocycles. The molecule has 1 atom stereocenters. The third-order valence-electron chi connectivity index (χ3n) is 4.33. The van der Waals surface area contributed by atoms with Crippen LogP contribution in [0.3, 0.4) is 0 Å². The minimum atomic E-state index is 0.379. The van der Waals surface area contributed by atoms with Gasteiger partial charge in [-0.15, -0.1) is 0 Å². The third kappa shape index (κ3) is 4.04. The lowest BCUT2D eigenvalue weighted by molar-refractivity contribution is 0.467. The summed E-state index contributed by atoms with van der Waals surface area (Å²) >= 11 is 0. The number of aromatic nitrogens is 3. The maximum absolute atomic E-state index is 4.33. The average molecular weight is 327 g/mol. The zero-order valence-corrected chi connectivity index (χ0v) is 14.3. The Morgan fingerprint density at radius 3 is 2.88 bits per heavy atom. The molecule has 1 unspecified atom stereocenters. The lowest BCUT2D eigenvalue weighted by Crippen LogP contribution is -2.51. The molecule has 0 spiro atoms. The number of nitrogens with one attached hydrogen (secondary N) is 2. The Balaban J connectivity index is 1.54. The second-order valence-corrected chi connectivity index (χ2v) is 5.99. The van der Waals surface area contributed by atoms with Gasteiger partial charge >= 0.3 is 0 Å². The Morgan fingerprint density at radius 2 is 2.17 bits per heavy atom. The van der Waals surface area contributed by atoms with Crippen LogP contribution in [0.15, 0.2) is 41.7 Å². The summed E-state index contributed by atoms with van der Waals surface area (Å²) in [6, 6.07) is 11.0. The molecule has 0 radical (unpaired) electrons. The van der Waals surface area contributed by atoms with Gasteiger partial charge in [0.05, 0.1) is 6.54 Å². The Labute approximate surface area is 142 Å². The van der Waals surface area contributed by atoms with Crippen LogP contribution in [0, 0.1) is 0 Å². The first-order chi connectivity index (χ1) is 11.8. The van der Waals surface area contributed by atoms with Crippen molar-refractivity contribution in [3.63, 3.8) is 0 Å². The van der Waals surface area contributed by atoms with Gasteiger partial charge in [-0.05, 0) is 25.0 Å². The standard InChI is InChI=1S/C17H25N7/c1-18-17(19-11-16-20-13-21-23(16)2)22-14-7-6-10-24(12-14)15-8-4-3-5-9-15/h3-5,8-9,13-14H,6-7,10-12H2,1-2H3,(H2,18,19,22). The molecule has 0 saturated carbocycles. The van der Waals surface area contributed by atoms with E-state index in [1.54, 1.807) is 18.1 Å². The van der Waals surface area contributed by atoms with Crippen molar-refractivity contribution < 1.29 is 0 Å². The number of hydrogen-bond acceptors (Lipinski definition) is 4. The molecule has 0 bridgehead atoms. The van der Waals surface area contributed by atoms with Gasteiger partial charge in [0.25, 0.3) is 0 Å². The van der Waals surface area contributed by atoms with Crippen molar-refractivity contribution in [1.82, 2.24) is 25.4 Å². The van der Waals surface area contributed by atoms with Gasteiger partial charge in [0.1, 0.15) is 12.2 Å². The molecular formula is C17H25N7. The van der Waals surface area contributed by atoms with Crippen molar-refractivity contribution in [2.45, 2.75) is 25.4 Å². The minimum absolute atomic E-state index is 0.379. The van der Waals surface area contributed by atoms with Crippen molar-refractivity contribution in [2.24, 2.45) is 12.0 Å². The molecule has 1 aromatic heterocycles. The maximum Gasteiger partial charge on any atom is 0.191 e. The van der Waals surface area contributed by atoms with Gasteiger partial charge in [0.15, 0.2) is 5.96 Å².